The van der Waals surface area contributed by atoms with Crippen LogP contribution in [-0.4, -0.2) is 55.9 Å². The van der Waals surface area contributed by atoms with Crippen molar-refractivity contribution in [3.63, 3.8) is 0 Å². The summed E-state index contributed by atoms with van der Waals surface area (Å²) in [6.45, 7) is 3.36. The van der Waals surface area contributed by atoms with Gasteiger partial charge >= 0.3 is 6.18 Å². The molecule has 0 aliphatic carbocycles. The summed E-state index contributed by atoms with van der Waals surface area (Å²) >= 11 is 0. The first-order chi connectivity index (χ1) is 14.1. The van der Waals surface area contributed by atoms with Crippen LogP contribution in [0.5, 0.6) is 11.5 Å². The van der Waals surface area contributed by atoms with E-state index in [0.29, 0.717) is 29.2 Å². The minimum absolute atomic E-state index is 0.220. The van der Waals surface area contributed by atoms with Crippen molar-refractivity contribution >= 4 is 5.91 Å². The molecule has 0 fully saturated rings. The van der Waals surface area contributed by atoms with Gasteiger partial charge in [-0.15, -0.1) is 0 Å². The number of aromatic nitrogens is 1. The van der Waals surface area contributed by atoms with Crippen molar-refractivity contribution in [1.29, 1.82) is 0 Å². The maximum Gasteiger partial charge on any atom is 0.401 e. The molecule has 2 rings (SSSR count). The van der Waals surface area contributed by atoms with E-state index in [1.54, 1.807) is 25.1 Å². The van der Waals surface area contributed by atoms with Gasteiger partial charge in [-0.2, -0.15) is 13.2 Å². The summed E-state index contributed by atoms with van der Waals surface area (Å²) in [6, 6.07) is 4.77. The minimum atomic E-state index is -4.23. The Labute approximate surface area is 173 Å². The summed E-state index contributed by atoms with van der Waals surface area (Å²) in [5, 5.41) is 6.57. The summed E-state index contributed by atoms with van der Waals surface area (Å²) in [4.78, 5) is 13.5. The molecule has 166 valence electrons. The Bertz CT molecular complexity index is 833. The number of aryl methyl sites for hydroxylation is 2. The number of alkyl halides is 3. The lowest BCUT2D eigenvalue weighted by Gasteiger charge is -2.18. The molecule has 7 nitrogen and oxygen atoms in total. The quantitative estimate of drug-likeness (QED) is 0.583. The molecule has 0 radical (unpaired) electrons. The van der Waals surface area contributed by atoms with Gasteiger partial charge in [-0.05, 0) is 52.1 Å². The van der Waals surface area contributed by atoms with Crippen molar-refractivity contribution in [2.45, 2.75) is 33.1 Å². The molecule has 0 unspecified atom stereocenters. The van der Waals surface area contributed by atoms with Gasteiger partial charge in [-0.25, -0.2) is 0 Å². The van der Waals surface area contributed by atoms with Gasteiger partial charge in [0.05, 0.1) is 24.9 Å². The third-order valence-corrected chi connectivity index (χ3v) is 4.43. The first-order valence-corrected chi connectivity index (χ1v) is 9.36. The van der Waals surface area contributed by atoms with Crippen LogP contribution in [0.3, 0.4) is 0 Å². The normalized spacial score (nSPS) is 11.6. The summed E-state index contributed by atoms with van der Waals surface area (Å²) in [5.74, 6) is 1.18. The van der Waals surface area contributed by atoms with Gasteiger partial charge < -0.3 is 19.3 Å². The number of rotatable bonds is 10. The van der Waals surface area contributed by atoms with Crippen LogP contribution in [0.25, 0.3) is 0 Å². The van der Waals surface area contributed by atoms with Crippen LogP contribution in [0.2, 0.25) is 0 Å². The number of nitrogens with one attached hydrogen (secondary N) is 1. The molecule has 1 heterocycles. The first kappa shape index (κ1) is 23.5. The van der Waals surface area contributed by atoms with Gasteiger partial charge in [0.15, 0.2) is 11.5 Å². The number of benzene rings is 1. The zero-order valence-electron chi connectivity index (χ0n) is 17.4. The third-order valence-electron chi connectivity index (χ3n) is 4.43. The fourth-order valence-corrected chi connectivity index (χ4v) is 2.82. The highest BCUT2D eigenvalue weighted by molar-refractivity contribution is 5.94. The number of ether oxygens (including phenoxy) is 2. The maximum atomic E-state index is 12.3. The van der Waals surface area contributed by atoms with Crippen molar-refractivity contribution in [2.75, 3.05) is 33.8 Å². The predicted molar refractivity (Wildman–Crippen MR) is 104 cm³/mol. The minimum Gasteiger partial charge on any atom is -0.493 e. The maximum absolute atomic E-state index is 12.3. The van der Waals surface area contributed by atoms with E-state index >= 15 is 0 Å². The number of methoxy groups -OCH3 is 1. The summed E-state index contributed by atoms with van der Waals surface area (Å²) in [6.07, 6.45) is -3.84. The van der Waals surface area contributed by atoms with Crippen LogP contribution < -0.4 is 14.8 Å². The second-order valence-corrected chi connectivity index (χ2v) is 6.92. The molecular weight excluding hydrogens is 403 g/mol. The number of hydrogen-bond donors (Lipinski definition) is 1. The number of halogens is 3. The molecule has 0 bridgehead atoms. The summed E-state index contributed by atoms with van der Waals surface area (Å²) < 4.78 is 53.1. The average molecular weight is 429 g/mol. The van der Waals surface area contributed by atoms with Crippen LogP contribution in [-0.2, 0) is 6.61 Å². The Morgan fingerprint density at radius 1 is 1.27 bits per heavy atom. The van der Waals surface area contributed by atoms with Crippen LogP contribution in [0, 0.1) is 13.8 Å². The number of nitrogens with zero attached hydrogens (tertiary/aromatic N) is 2. The molecule has 0 spiro atoms. The number of amides is 1. The Morgan fingerprint density at radius 3 is 2.60 bits per heavy atom. The molecule has 0 aliphatic rings. The lowest BCUT2D eigenvalue weighted by Crippen LogP contribution is -2.33. The highest BCUT2D eigenvalue weighted by atomic mass is 19.4. The number of carbonyl (C=O) groups is 1. The van der Waals surface area contributed by atoms with Gasteiger partial charge in [0.25, 0.3) is 5.91 Å². The molecule has 0 aliphatic heterocycles. The van der Waals surface area contributed by atoms with Gasteiger partial charge in [-0.1, -0.05) is 5.16 Å². The Balaban J connectivity index is 1.88. The van der Waals surface area contributed by atoms with Crippen molar-refractivity contribution in [1.82, 2.24) is 15.4 Å². The molecule has 2 aromatic rings. The van der Waals surface area contributed by atoms with Crippen molar-refractivity contribution in [3.05, 3.63) is 40.8 Å². The van der Waals surface area contributed by atoms with Crippen molar-refractivity contribution < 1.29 is 32.0 Å². The molecule has 1 aromatic heterocycles. The van der Waals surface area contributed by atoms with E-state index in [1.165, 1.54) is 19.1 Å². The van der Waals surface area contributed by atoms with E-state index in [4.69, 9.17) is 14.0 Å². The molecular formula is C20H26F3N3O4. The molecule has 1 N–H and O–H groups in total. The molecule has 0 saturated heterocycles. The lowest BCUT2D eigenvalue weighted by molar-refractivity contribution is -0.143. The van der Waals surface area contributed by atoms with Gasteiger partial charge in [-0.3, -0.25) is 9.69 Å². The largest absolute Gasteiger partial charge is 0.493 e. The SMILES string of the molecule is COc1cc(C(=O)NCCCN(C)CC(F)(F)F)ccc1OCc1c(C)noc1C. The molecule has 1 amide bonds. The molecule has 30 heavy (non-hydrogen) atoms. The first-order valence-electron chi connectivity index (χ1n) is 9.36. The Kier molecular flexibility index (Phi) is 8.10. The number of carbonyl (C=O) groups excluding carboxylic acids is 1. The van der Waals surface area contributed by atoms with E-state index in [2.05, 4.69) is 10.5 Å². The third kappa shape index (κ3) is 6.94. The average Bonchev–Trinajstić information content (AvgIpc) is 2.99. The summed E-state index contributed by atoms with van der Waals surface area (Å²) in [5.41, 5.74) is 1.94. The van der Waals surface area contributed by atoms with Crippen LogP contribution >= 0.6 is 0 Å². The van der Waals surface area contributed by atoms with Crippen molar-refractivity contribution in [2.24, 2.45) is 0 Å². The molecule has 0 atom stereocenters. The highest BCUT2D eigenvalue weighted by Gasteiger charge is 2.28. The van der Waals surface area contributed by atoms with E-state index in [-0.39, 0.29) is 25.6 Å². The van der Waals surface area contributed by atoms with Crippen LogP contribution in [0.4, 0.5) is 13.2 Å². The Hall–Kier alpha value is -2.75. The fourth-order valence-electron chi connectivity index (χ4n) is 2.82. The second kappa shape index (κ2) is 10.3. The van der Waals surface area contributed by atoms with Crippen LogP contribution in [0.15, 0.2) is 22.7 Å². The van der Waals surface area contributed by atoms with Gasteiger partial charge in [0, 0.05) is 12.1 Å². The molecule has 10 heteroatoms. The fraction of sp³-hybridized carbons (Fsp3) is 0.500. The van der Waals surface area contributed by atoms with E-state index in [9.17, 15) is 18.0 Å². The van der Waals surface area contributed by atoms with Crippen LogP contribution in [0.1, 0.15) is 33.8 Å². The number of hydrogen-bond acceptors (Lipinski definition) is 6. The molecule has 1 aromatic carbocycles. The smallest absolute Gasteiger partial charge is 0.401 e. The summed E-state index contributed by atoms with van der Waals surface area (Å²) in [7, 11) is 2.86. The van der Waals surface area contributed by atoms with E-state index in [1.807, 2.05) is 6.92 Å². The standard InChI is InChI=1S/C20H26F3N3O4/c1-13-16(14(2)30-25-13)11-29-17-7-6-15(10-18(17)28-4)19(27)24-8-5-9-26(3)12-20(21,22)23/h6-7,10H,5,8-9,11-12H2,1-4H3,(H,24,27). The lowest BCUT2D eigenvalue weighted by atomic mass is 10.2. The van der Waals surface area contributed by atoms with Gasteiger partial charge in [0.2, 0.25) is 0 Å². The topological polar surface area (TPSA) is 76.8 Å². The predicted octanol–water partition coefficient (Wildman–Crippen LogP) is 3.49. The Morgan fingerprint density at radius 2 is 2.00 bits per heavy atom. The second-order valence-electron chi connectivity index (χ2n) is 6.92. The zero-order chi connectivity index (χ0) is 22.3. The zero-order valence-corrected chi connectivity index (χ0v) is 17.4. The van der Waals surface area contributed by atoms with Gasteiger partial charge in [0.1, 0.15) is 12.4 Å². The highest BCUT2D eigenvalue weighted by Crippen LogP contribution is 2.29. The van der Waals surface area contributed by atoms with E-state index < -0.39 is 12.7 Å². The van der Waals surface area contributed by atoms with Crippen molar-refractivity contribution in [3.8, 4) is 11.5 Å². The molecule has 0 saturated carbocycles. The van der Waals surface area contributed by atoms with E-state index in [0.717, 1.165) is 11.3 Å². The monoisotopic (exact) mass is 429 g/mol.